The first-order valence-corrected chi connectivity index (χ1v) is 6.09. The Balaban J connectivity index is 2.91. The monoisotopic (exact) mass is 261 g/mol. The summed E-state index contributed by atoms with van der Waals surface area (Å²) in [4.78, 5) is 25.4. The lowest BCUT2D eigenvalue weighted by atomic mass is 10.0. The summed E-state index contributed by atoms with van der Waals surface area (Å²) in [5, 5.41) is 9.19. The van der Waals surface area contributed by atoms with Gasteiger partial charge in [0.15, 0.2) is 11.6 Å². The third kappa shape index (κ3) is 5.06. The Morgan fingerprint density at radius 2 is 1.79 bits per heavy atom. The molecule has 102 valence electrons. The molecule has 1 aromatic rings. The molecule has 0 atom stereocenters. The zero-order valence-corrected chi connectivity index (χ0v) is 11.5. The van der Waals surface area contributed by atoms with Crippen LogP contribution in [0.1, 0.15) is 18.9 Å². The molecule has 0 aliphatic heterocycles. The summed E-state index contributed by atoms with van der Waals surface area (Å²) in [5.74, 6) is -0.244. The van der Waals surface area contributed by atoms with Gasteiger partial charge in [0, 0.05) is 13.0 Å². The minimum absolute atomic E-state index is 0.153. The molecule has 0 spiro atoms. The highest BCUT2D eigenvalue weighted by Crippen LogP contribution is 2.14. The molecule has 0 aliphatic carbocycles. The molecule has 19 heavy (non-hydrogen) atoms. The second-order valence-electron chi connectivity index (χ2n) is 4.68. The third-order valence-electron chi connectivity index (χ3n) is 2.67. The number of rotatable bonds is 6. The highest BCUT2D eigenvalue weighted by Gasteiger charge is 2.14. The van der Waals surface area contributed by atoms with Gasteiger partial charge >= 0.3 is 0 Å². The van der Waals surface area contributed by atoms with E-state index in [0.717, 1.165) is 5.56 Å². The van der Waals surface area contributed by atoms with E-state index in [9.17, 15) is 14.7 Å². The first-order valence-electron chi connectivity index (χ1n) is 6.09. The molecule has 1 N–H and O–H groups in total. The standard InChI is InChI=1S/C15H19NO3/c1-11(17)14(15(19)8-9-16(2)3)10-12-4-6-13(18)7-5-12/h4-7,10,18H,8-9H2,1-3H3/b14-10-. The van der Waals surface area contributed by atoms with Gasteiger partial charge in [0.2, 0.25) is 0 Å². The average Bonchev–Trinajstić information content (AvgIpc) is 2.34. The lowest BCUT2D eigenvalue weighted by molar-refractivity contribution is -0.120. The van der Waals surface area contributed by atoms with E-state index in [1.54, 1.807) is 18.2 Å². The highest BCUT2D eigenvalue weighted by molar-refractivity contribution is 6.22. The summed E-state index contributed by atoms with van der Waals surface area (Å²) in [6.07, 6.45) is 1.89. The second-order valence-corrected chi connectivity index (χ2v) is 4.68. The van der Waals surface area contributed by atoms with Crippen LogP contribution in [0.5, 0.6) is 5.75 Å². The van der Waals surface area contributed by atoms with Crippen LogP contribution in [-0.4, -0.2) is 42.2 Å². The minimum atomic E-state index is -0.239. The molecule has 0 radical (unpaired) electrons. The summed E-state index contributed by atoms with van der Waals surface area (Å²) in [5.41, 5.74) is 0.925. The first kappa shape index (κ1) is 15.1. The molecular weight excluding hydrogens is 242 g/mol. The number of ketones is 2. The van der Waals surface area contributed by atoms with E-state index >= 15 is 0 Å². The third-order valence-corrected chi connectivity index (χ3v) is 2.67. The predicted octanol–water partition coefficient (Wildman–Crippen LogP) is 1.89. The summed E-state index contributed by atoms with van der Waals surface area (Å²) < 4.78 is 0. The number of allylic oxidation sites excluding steroid dienone is 1. The predicted molar refractivity (Wildman–Crippen MR) is 74.9 cm³/mol. The van der Waals surface area contributed by atoms with E-state index in [1.807, 2.05) is 19.0 Å². The van der Waals surface area contributed by atoms with Crippen LogP contribution in [0, 0.1) is 0 Å². The second kappa shape index (κ2) is 6.85. The number of nitrogens with zero attached hydrogens (tertiary/aromatic N) is 1. The number of Topliss-reactive ketones (excluding diaryl/α,β-unsaturated/α-hetero) is 2. The van der Waals surface area contributed by atoms with Gasteiger partial charge in [-0.3, -0.25) is 9.59 Å². The van der Waals surface area contributed by atoms with Crippen molar-refractivity contribution in [3.63, 3.8) is 0 Å². The molecule has 4 heteroatoms. The van der Waals surface area contributed by atoms with Gasteiger partial charge in [-0.25, -0.2) is 0 Å². The molecule has 0 aliphatic rings. The molecule has 0 amide bonds. The van der Waals surface area contributed by atoms with Crippen molar-refractivity contribution in [2.45, 2.75) is 13.3 Å². The summed E-state index contributed by atoms with van der Waals surface area (Å²) in [7, 11) is 3.76. The number of phenolic OH excluding ortho intramolecular Hbond substituents is 1. The number of carbonyl (C=O) groups is 2. The molecule has 0 bridgehead atoms. The van der Waals surface area contributed by atoms with Crippen molar-refractivity contribution in [1.29, 1.82) is 0 Å². The van der Waals surface area contributed by atoms with Crippen molar-refractivity contribution in [1.82, 2.24) is 4.90 Å². The van der Waals surface area contributed by atoms with Crippen molar-refractivity contribution in [2.75, 3.05) is 20.6 Å². The van der Waals surface area contributed by atoms with Crippen molar-refractivity contribution in [3.05, 3.63) is 35.4 Å². The first-order chi connectivity index (χ1) is 8.90. The van der Waals surface area contributed by atoms with Gasteiger partial charge in [-0.1, -0.05) is 12.1 Å². The Labute approximate surface area is 113 Å². The fraction of sp³-hybridized carbons (Fsp3) is 0.333. The smallest absolute Gasteiger partial charge is 0.167 e. The number of hydrogen-bond acceptors (Lipinski definition) is 4. The Bertz CT molecular complexity index is 487. The summed E-state index contributed by atoms with van der Waals surface area (Å²) in [6, 6.07) is 6.37. The topological polar surface area (TPSA) is 57.6 Å². The molecule has 1 rings (SSSR count). The minimum Gasteiger partial charge on any atom is -0.508 e. The number of carbonyl (C=O) groups excluding carboxylic acids is 2. The van der Waals surface area contributed by atoms with Crippen LogP contribution < -0.4 is 0 Å². The number of phenols is 1. The molecule has 0 heterocycles. The van der Waals surface area contributed by atoms with Gasteiger partial charge in [-0.15, -0.1) is 0 Å². The van der Waals surface area contributed by atoms with Gasteiger partial charge in [-0.2, -0.15) is 0 Å². The lowest BCUT2D eigenvalue weighted by Crippen LogP contribution is -2.19. The maximum Gasteiger partial charge on any atom is 0.167 e. The van der Waals surface area contributed by atoms with Gasteiger partial charge in [0.1, 0.15) is 5.75 Å². The van der Waals surface area contributed by atoms with Gasteiger partial charge in [0.25, 0.3) is 0 Å². The SMILES string of the molecule is CC(=O)/C(=C/c1ccc(O)cc1)C(=O)CCN(C)C. The van der Waals surface area contributed by atoms with E-state index in [2.05, 4.69) is 0 Å². The van der Waals surface area contributed by atoms with Gasteiger partial charge in [0.05, 0.1) is 5.57 Å². The maximum absolute atomic E-state index is 12.0. The lowest BCUT2D eigenvalue weighted by Gasteiger charge is -2.09. The Morgan fingerprint density at radius 1 is 1.21 bits per heavy atom. The van der Waals surface area contributed by atoms with Crippen LogP contribution in [0.2, 0.25) is 0 Å². The average molecular weight is 261 g/mol. The van der Waals surface area contributed by atoms with Crippen LogP contribution in [0.25, 0.3) is 6.08 Å². The molecule has 0 saturated heterocycles. The van der Waals surface area contributed by atoms with Crippen LogP contribution in [0.3, 0.4) is 0 Å². The van der Waals surface area contributed by atoms with Gasteiger partial charge in [-0.05, 0) is 44.8 Å². The summed E-state index contributed by atoms with van der Waals surface area (Å²) in [6.45, 7) is 2.00. The van der Waals surface area contributed by atoms with Gasteiger partial charge < -0.3 is 10.0 Å². The van der Waals surface area contributed by atoms with Crippen LogP contribution in [0.4, 0.5) is 0 Å². The molecule has 0 unspecified atom stereocenters. The molecule has 0 fully saturated rings. The number of hydrogen-bond donors (Lipinski definition) is 1. The maximum atomic E-state index is 12.0. The zero-order valence-electron chi connectivity index (χ0n) is 11.5. The highest BCUT2D eigenvalue weighted by atomic mass is 16.3. The Morgan fingerprint density at radius 3 is 2.26 bits per heavy atom. The van der Waals surface area contributed by atoms with E-state index in [1.165, 1.54) is 19.1 Å². The largest absolute Gasteiger partial charge is 0.508 e. The Hall–Kier alpha value is -1.94. The van der Waals surface area contributed by atoms with Crippen molar-refractivity contribution >= 4 is 17.6 Å². The summed E-state index contributed by atoms with van der Waals surface area (Å²) >= 11 is 0. The van der Waals surface area contributed by atoms with E-state index in [-0.39, 0.29) is 22.9 Å². The fourth-order valence-corrected chi connectivity index (χ4v) is 1.58. The normalized spacial score (nSPS) is 11.7. The van der Waals surface area contributed by atoms with Crippen LogP contribution in [-0.2, 0) is 9.59 Å². The van der Waals surface area contributed by atoms with E-state index < -0.39 is 0 Å². The number of benzene rings is 1. The Kier molecular flexibility index (Phi) is 5.45. The van der Waals surface area contributed by atoms with Crippen molar-refractivity contribution in [3.8, 4) is 5.75 Å². The van der Waals surface area contributed by atoms with Crippen LogP contribution >= 0.6 is 0 Å². The van der Waals surface area contributed by atoms with Crippen molar-refractivity contribution < 1.29 is 14.7 Å². The number of aromatic hydroxyl groups is 1. The molecule has 1 aromatic carbocycles. The molecule has 4 nitrogen and oxygen atoms in total. The zero-order chi connectivity index (χ0) is 14.4. The molecule has 0 aromatic heterocycles. The van der Waals surface area contributed by atoms with E-state index in [4.69, 9.17) is 0 Å². The molecular formula is C15H19NO3. The van der Waals surface area contributed by atoms with E-state index in [0.29, 0.717) is 13.0 Å². The van der Waals surface area contributed by atoms with Crippen LogP contribution in [0.15, 0.2) is 29.8 Å². The molecule has 0 saturated carbocycles. The fourth-order valence-electron chi connectivity index (χ4n) is 1.58. The van der Waals surface area contributed by atoms with Crippen molar-refractivity contribution in [2.24, 2.45) is 0 Å². The quantitative estimate of drug-likeness (QED) is 0.482.